The Hall–Kier alpha value is -2.08. The Balaban J connectivity index is 1.90. The molecule has 122 valence electrons. The predicted molar refractivity (Wildman–Crippen MR) is 87.4 cm³/mol. The number of hydrogen-bond donors (Lipinski definition) is 1. The summed E-state index contributed by atoms with van der Waals surface area (Å²) in [6.45, 7) is 1.81. The van der Waals surface area contributed by atoms with Gasteiger partial charge in [0.1, 0.15) is 11.4 Å². The Morgan fingerprint density at radius 2 is 2.13 bits per heavy atom. The second-order valence-electron chi connectivity index (χ2n) is 5.71. The standard InChI is InChI=1S/C16H19ClN4O2/c1-10-15(16(22)18-12-5-3-4-6-12)19-20-21(10)13-9-11(17)7-8-14(13)23-2/h7-9,12H,3-6H2,1-2H3,(H,18,22). The lowest BCUT2D eigenvalue weighted by Crippen LogP contribution is -2.33. The molecule has 0 spiro atoms. The van der Waals surface area contributed by atoms with E-state index in [4.69, 9.17) is 16.3 Å². The van der Waals surface area contributed by atoms with Crippen LogP contribution in [0.25, 0.3) is 5.69 Å². The lowest BCUT2D eigenvalue weighted by Gasteiger charge is -2.11. The first-order chi connectivity index (χ1) is 11.1. The van der Waals surface area contributed by atoms with Gasteiger partial charge in [0.05, 0.1) is 12.8 Å². The lowest BCUT2D eigenvalue weighted by atomic mass is 10.2. The van der Waals surface area contributed by atoms with Crippen molar-refractivity contribution in [2.45, 2.75) is 38.6 Å². The second kappa shape index (κ2) is 6.58. The van der Waals surface area contributed by atoms with Gasteiger partial charge < -0.3 is 10.1 Å². The number of ether oxygens (including phenoxy) is 1. The lowest BCUT2D eigenvalue weighted by molar-refractivity contribution is 0.0932. The first-order valence-electron chi connectivity index (χ1n) is 7.67. The van der Waals surface area contributed by atoms with Crippen molar-refractivity contribution < 1.29 is 9.53 Å². The van der Waals surface area contributed by atoms with Crippen molar-refractivity contribution in [1.29, 1.82) is 0 Å². The average molecular weight is 335 g/mol. The van der Waals surface area contributed by atoms with Gasteiger partial charge in [-0.15, -0.1) is 5.10 Å². The molecule has 1 heterocycles. The summed E-state index contributed by atoms with van der Waals surface area (Å²) in [4.78, 5) is 12.4. The summed E-state index contributed by atoms with van der Waals surface area (Å²) in [6, 6.07) is 5.48. The third-order valence-electron chi connectivity index (χ3n) is 4.17. The summed E-state index contributed by atoms with van der Waals surface area (Å²) in [5, 5.41) is 11.7. The number of aromatic nitrogens is 3. The summed E-state index contributed by atoms with van der Waals surface area (Å²) in [6.07, 6.45) is 4.38. The normalized spacial score (nSPS) is 14.9. The quantitative estimate of drug-likeness (QED) is 0.933. The maximum absolute atomic E-state index is 12.4. The van der Waals surface area contributed by atoms with E-state index in [-0.39, 0.29) is 11.9 Å². The molecule has 0 radical (unpaired) electrons. The molecule has 0 saturated heterocycles. The molecule has 0 bridgehead atoms. The van der Waals surface area contributed by atoms with E-state index in [9.17, 15) is 4.79 Å². The zero-order valence-electron chi connectivity index (χ0n) is 13.2. The Labute approximate surface area is 139 Å². The molecule has 0 aliphatic heterocycles. The number of nitrogens with one attached hydrogen (secondary N) is 1. The molecule has 23 heavy (non-hydrogen) atoms. The van der Waals surface area contributed by atoms with Gasteiger partial charge in [-0.1, -0.05) is 29.7 Å². The zero-order chi connectivity index (χ0) is 16.4. The van der Waals surface area contributed by atoms with Crippen LogP contribution in [0.5, 0.6) is 5.75 Å². The smallest absolute Gasteiger partial charge is 0.273 e. The summed E-state index contributed by atoms with van der Waals surface area (Å²) >= 11 is 6.06. The molecule has 6 nitrogen and oxygen atoms in total. The number of hydrogen-bond acceptors (Lipinski definition) is 4. The van der Waals surface area contributed by atoms with Crippen LogP contribution in [-0.4, -0.2) is 34.1 Å². The predicted octanol–water partition coefficient (Wildman–Crippen LogP) is 2.91. The summed E-state index contributed by atoms with van der Waals surface area (Å²) in [5.41, 5.74) is 1.64. The molecule has 0 unspecified atom stereocenters. The summed E-state index contributed by atoms with van der Waals surface area (Å²) in [7, 11) is 1.58. The van der Waals surface area contributed by atoms with Crippen LogP contribution in [0.3, 0.4) is 0 Å². The van der Waals surface area contributed by atoms with E-state index < -0.39 is 0 Å². The van der Waals surface area contributed by atoms with Crippen LogP contribution in [-0.2, 0) is 0 Å². The highest BCUT2D eigenvalue weighted by Gasteiger charge is 2.23. The number of amides is 1. The van der Waals surface area contributed by atoms with Gasteiger partial charge in [0.25, 0.3) is 5.91 Å². The maximum Gasteiger partial charge on any atom is 0.273 e. The van der Waals surface area contributed by atoms with Crippen LogP contribution in [0.4, 0.5) is 0 Å². The van der Waals surface area contributed by atoms with Crippen molar-refractivity contribution in [2.24, 2.45) is 0 Å². The third kappa shape index (κ3) is 3.17. The maximum atomic E-state index is 12.4. The van der Waals surface area contributed by atoms with Crippen LogP contribution < -0.4 is 10.1 Å². The van der Waals surface area contributed by atoms with Crippen molar-refractivity contribution in [3.05, 3.63) is 34.6 Å². The first kappa shape index (κ1) is 15.8. The van der Waals surface area contributed by atoms with Crippen molar-refractivity contribution in [1.82, 2.24) is 20.3 Å². The number of methoxy groups -OCH3 is 1. The first-order valence-corrected chi connectivity index (χ1v) is 8.05. The molecule has 1 aliphatic carbocycles. The van der Waals surface area contributed by atoms with E-state index in [2.05, 4.69) is 15.6 Å². The number of carbonyl (C=O) groups is 1. The van der Waals surface area contributed by atoms with Crippen molar-refractivity contribution in [2.75, 3.05) is 7.11 Å². The fraction of sp³-hybridized carbons (Fsp3) is 0.438. The molecule has 7 heteroatoms. The highest BCUT2D eigenvalue weighted by atomic mass is 35.5. The molecule has 1 N–H and O–H groups in total. The van der Waals surface area contributed by atoms with Gasteiger partial charge in [0.15, 0.2) is 5.69 Å². The number of carbonyl (C=O) groups excluding carboxylic acids is 1. The molecular formula is C16H19ClN4O2. The van der Waals surface area contributed by atoms with Gasteiger partial charge in [-0.3, -0.25) is 4.79 Å². The largest absolute Gasteiger partial charge is 0.494 e. The molecule has 3 rings (SSSR count). The molecule has 0 atom stereocenters. The topological polar surface area (TPSA) is 69.0 Å². The Morgan fingerprint density at radius 3 is 2.83 bits per heavy atom. The summed E-state index contributed by atoms with van der Waals surface area (Å²) in [5.74, 6) is 0.437. The fourth-order valence-corrected chi connectivity index (χ4v) is 3.09. The van der Waals surface area contributed by atoms with Crippen LogP contribution in [0.15, 0.2) is 18.2 Å². The van der Waals surface area contributed by atoms with E-state index in [0.717, 1.165) is 25.7 Å². The molecule has 1 fully saturated rings. The molecule has 1 aromatic heterocycles. The molecular weight excluding hydrogens is 316 g/mol. The van der Waals surface area contributed by atoms with Gasteiger partial charge in [-0.25, -0.2) is 4.68 Å². The number of benzene rings is 1. The molecule has 1 saturated carbocycles. The van der Waals surface area contributed by atoms with Gasteiger partial charge in [-0.05, 0) is 38.0 Å². The van der Waals surface area contributed by atoms with Crippen molar-refractivity contribution in [3.8, 4) is 11.4 Å². The second-order valence-corrected chi connectivity index (χ2v) is 6.14. The summed E-state index contributed by atoms with van der Waals surface area (Å²) < 4.78 is 6.92. The van der Waals surface area contributed by atoms with Gasteiger partial charge in [-0.2, -0.15) is 0 Å². The third-order valence-corrected chi connectivity index (χ3v) is 4.40. The zero-order valence-corrected chi connectivity index (χ0v) is 13.9. The molecule has 2 aromatic rings. The Bertz CT molecular complexity index is 723. The Morgan fingerprint density at radius 1 is 1.39 bits per heavy atom. The minimum atomic E-state index is -0.179. The number of halogens is 1. The van der Waals surface area contributed by atoms with Gasteiger partial charge in [0, 0.05) is 11.1 Å². The SMILES string of the molecule is COc1ccc(Cl)cc1-n1nnc(C(=O)NC2CCCC2)c1C. The molecule has 1 aromatic carbocycles. The van der Waals surface area contributed by atoms with Crippen LogP contribution in [0.2, 0.25) is 5.02 Å². The van der Waals surface area contributed by atoms with Crippen LogP contribution >= 0.6 is 11.6 Å². The van der Waals surface area contributed by atoms with Crippen LogP contribution in [0.1, 0.15) is 41.9 Å². The monoisotopic (exact) mass is 334 g/mol. The van der Waals surface area contributed by atoms with E-state index >= 15 is 0 Å². The highest BCUT2D eigenvalue weighted by Crippen LogP contribution is 2.27. The van der Waals surface area contributed by atoms with E-state index in [1.165, 1.54) is 0 Å². The minimum absolute atomic E-state index is 0.179. The van der Waals surface area contributed by atoms with E-state index in [0.29, 0.717) is 27.8 Å². The van der Waals surface area contributed by atoms with Gasteiger partial charge in [0.2, 0.25) is 0 Å². The fourth-order valence-electron chi connectivity index (χ4n) is 2.92. The average Bonchev–Trinajstić information content (AvgIpc) is 3.16. The Kier molecular flexibility index (Phi) is 4.52. The molecule has 1 amide bonds. The van der Waals surface area contributed by atoms with E-state index in [1.807, 2.05) is 6.92 Å². The molecule has 1 aliphatic rings. The van der Waals surface area contributed by atoms with Crippen LogP contribution in [0, 0.1) is 6.92 Å². The van der Waals surface area contributed by atoms with Gasteiger partial charge >= 0.3 is 0 Å². The minimum Gasteiger partial charge on any atom is -0.494 e. The van der Waals surface area contributed by atoms with E-state index in [1.54, 1.807) is 30.0 Å². The highest BCUT2D eigenvalue weighted by molar-refractivity contribution is 6.30. The number of nitrogens with zero attached hydrogens (tertiary/aromatic N) is 3. The van der Waals surface area contributed by atoms with Crippen molar-refractivity contribution >= 4 is 17.5 Å². The van der Waals surface area contributed by atoms with Crippen molar-refractivity contribution in [3.63, 3.8) is 0 Å². The number of rotatable bonds is 4.